The molecule has 1 aromatic heterocycles. The van der Waals surface area contributed by atoms with Gasteiger partial charge >= 0.3 is 12.1 Å². The zero-order chi connectivity index (χ0) is 17.2. The fourth-order valence-corrected chi connectivity index (χ4v) is 3.97. The molecule has 2 rings (SSSR count). The third kappa shape index (κ3) is 4.92. The summed E-state index contributed by atoms with van der Waals surface area (Å²) < 4.78 is 6.26. The van der Waals surface area contributed by atoms with Gasteiger partial charge < -0.3 is 14.7 Å². The normalized spacial score (nSPS) is 17.8. The summed E-state index contributed by atoms with van der Waals surface area (Å²) in [7, 11) is 0. The van der Waals surface area contributed by atoms with Gasteiger partial charge in [-0.1, -0.05) is 0 Å². The maximum absolute atomic E-state index is 12.1. The number of hydrogen-bond donors (Lipinski definition) is 1. The molecule has 1 aliphatic heterocycles. The molecule has 1 atom stereocenters. The van der Waals surface area contributed by atoms with E-state index >= 15 is 0 Å². The number of carbonyl (C=O) groups excluding carboxylic acids is 1. The Balaban J connectivity index is 1.99. The van der Waals surface area contributed by atoms with Crippen molar-refractivity contribution in [3.63, 3.8) is 0 Å². The molecule has 1 saturated heterocycles. The van der Waals surface area contributed by atoms with Gasteiger partial charge in [-0.3, -0.25) is 9.69 Å². The van der Waals surface area contributed by atoms with Gasteiger partial charge in [-0.2, -0.15) is 0 Å². The van der Waals surface area contributed by atoms with Crippen LogP contribution >= 0.6 is 27.3 Å². The molecule has 128 valence electrons. The van der Waals surface area contributed by atoms with Crippen molar-refractivity contribution in [3.05, 3.63) is 20.8 Å². The highest BCUT2D eigenvalue weighted by Crippen LogP contribution is 2.31. The lowest BCUT2D eigenvalue weighted by atomic mass is 10.1. The second-order valence-electron chi connectivity index (χ2n) is 6.39. The molecule has 1 aliphatic rings. The number of thiophene rings is 1. The number of aliphatic carboxylic acids is 1. The van der Waals surface area contributed by atoms with E-state index in [-0.39, 0.29) is 6.09 Å². The third-order valence-corrected chi connectivity index (χ3v) is 5.10. The first kappa shape index (κ1) is 18.2. The lowest BCUT2D eigenvalue weighted by Gasteiger charge is -2.37. The van der Waals surface area contributed by atoms with E-state index in [0.29, 0.717) is 26.2 Å². The Bertz CT molecular complexity index is 576. The summed E-state index contributed by atoms with van der Waals surface area (Å²) in [5.74, 6) is -0.870. The van der Waals surface area contributed by atoms with Gasteiger partial charge in [0.1, 0.15) is 11.6 Å². The lowest BCUT2D eigenvalue weighted by Crippen LogP contribution is -2.51. The van der Waals surface area contributed by atoms with Crippen molar-refractivity contribution in [2.45, 2.75) is 32.4 Å². The summed E-state index contributed by atoms with van der Waals surface area (Å²) in [4.78, 5) is 28.0. The van der Waals surface area contributed by atoms with Crippen LogP contribution in [0.25, 0.3) is 0 Å². The summed E-state index contributed by atoms with van der Waals surface area (Å²) >= 11 is 4.79. The largest absolute Gasteiger partial charge is 0.480 e. The summed E-state index contributed by atoms with van der Waals surface area (Å²) in [5.41, 5.74) is -0.527. The van der Waals surface area contributed by atoms with Crippen LogP contribution in [0, 0.1) is 0 Å². The molecule has 1 aromatic rings. The molecule has 1 amide bonds. The van der Waals surface area contributed by atoms with Gasteiger partial charge in [0.15, 0.2) is 0 Å². The molecule has 1 N–H and O–H groups in total. The smallest absolute Gasteiger partial charge is 0.410 e. The summed E-state index contributed by atoms with van der Waals surface area (Å²) in [6.07, 6.45) is -0.345. The number of ether oxygens (including phenoxy) is 1. The number of amides is 1. The van der Waals surface area contributed by atoms with Crippen molar-refractivity contribution in [3.8, 4) is 0 Å². The monoisotopic (exact) mass is 404 g/mol. The van der Waals surface area contributed by atoms with Gasteiger partial charge in [-0.25, -0.2) is 4.79 Å². The summed E-state index contributed by atoms with van der Waals surface area (Å²) in [6, 6.07) is 3.01. The highest BCUT2D eigenvalue weighted by Gasteiger charge is 2.33. The average molecular weight is 405 g/mol. The molecule has 1 fully saturated rings. The van der Waals surface area contributed by atoms with Crippen LogP contribution in [0.5, 0.6) is 0 Å². The van der Waals surface area contributed by atoms with E-state index < -0.39 is 17.6 Å². The number of piperazine rings is 1. The second-order valence-corrected chi connectivity index (χ2v) is 8.88. The van der Waals surface area contributed by atoms with Crippen LogP contribution in [0.2, 0.25) is 0 Å². The number of nitrogens with zero attached hydrogens (tertiary/aromatic N) is 2. The minimum atomic E-state index is -0.870. The van der Waals surface area contributed by atoms with Crippen LogP contribution in [-0.4, -0.2) is 58.7 Å². The van der Waals surface area contributed by atoms with Gasteiger partial charge in [0, 0.05) is 31.1 Å². The summed E-state index contributed by atoms with van der Waals surface area (Å²) in [6.45, 7) is 7.43. The van der Waals surface area contributed by atoms with Crippen LogP contribution in [0.1, 0.15) is 31.7 Å². The fourth-order valence-electron chi connectivity index (χ4n) is 2.42. The van der Waals surface area contributed by atoms with E-state index in [2.05, 4.69) is 15.9 Å². The Morgan fingerprint density at radius 1 is 1.26 bits per heavy atom. The molecule has 1 unspecified atom stereocenters. The minimum absolute atomic E-state index is 0.345. The molecule has 0 radical (unpaired) electrons. The first-order chi connectivity index (χ1) is 10.7. The Morgan fingerprint density at radius 2 is 1.87 bits per heavy atom. The lowest BCUT2D eigenvalue weighted by molar-refractivity contribution is -0.144. The third-order valence-electron chi connectivity index (χ3n) is 3.43. The quantitative estimate of drug-likeness (QED) is 0.837. The van der Waals surface area contributed by atoms with E-state index in [0.717, 1.165) is 8.66 Å². The van der Waals surface area contributed by atoms with Gasteiger partial charge in [-0.15, -0.1) is 11.3 Å². The maximum Gasteiger partial charge on any atom is 0.410 e. The molecule has 8 heteroatoms. The molecule has 0 spiro atoms. The van der Waals surface area contributed by atoms with E-state index in [1.54, 1.807) is 4.90 Å². The van der Waals surface area contributed by atoms with Crippen molar-refractivity contribution >= 4 is 39.3 Å². The minimum Gasteiger partial charge on any atom is -0.480 e. The van der Waals surface area contributed by atoms with Crippen LogP contribution in [-0.2, 0) is 9.53 Å². The number of carboxylic acid groups (broad SMARTS) is 1. The zero-order valence-corrected chi connectivity index (χ0v) is 15.8. The topological polar surface area (TPSA) is 70.1 Å². The van der Waals surface area contributed by atoms with Gasteiger partial charge in [0.2, 0.25) is 0 Å². The summed E-state index contributed by atoms with van der Waals surface area (Å²) in [5, 5.41) is 9.56. The number of hydrogen-bond acceptors (Lipinski definition) is 5. The van der Waals surface area contributed by atoms with Crippen molar-refractivity contribution < 1.29 is 19.4 Å². The first-order valence-corrected chi connectivity index (χ1v) is 8.98. The predicted octanol–water partition coefficient (Wildman–Crippen LogP) is 3.19. The van der Waals surface area contributed by atoms with Gasteiger partial charge in [-0.05, 0) is 48.8 Å². The van der Waals surface area contributed by atoms with E-state index in [4.69, 9.17) is 4.74 Å². The molecule has 23 heavy (non-hydrogen) atoms. The van der Waals surface area contributed by atoms with E-state index in [9.17, 15) is 14.7 Å². The van der Waals surface area contributed by atoms with Crippen LogP contribution in [0.3, 0.4) is 0 Å². The molecule has 0 saturated carbocycles. The Hall–Kier alpha value is -1.12. The SMILES string of the molecule is CC(C)(C)OC(=O)N1CCN(C(C(=O)O)c2ccc(Br)s2)CC1. The van der Waals surface area contributed by atoms with Crippen LogP contribution < -0.4 is 0 Å². The standard InChI is InChI=1S/C15H21BrN2O4S/c1-15(2,3)22-14(21)18-8-6-17(7-9-18)12(13(19)20)10-4-5-11(16)23-10/h4-5,12H,6-9H2,1-3H3,(H,19,20). The fraction of sp³-hybridized carbons (Fsp3) is 0.600. The Kier molecular flexibility index (Phi) is 5.70. The van der Waals surface area contributed by atoms with E-state index in [1.807, 2.05) is 37.8 Å². The average Bonchev–Trinajstić information content (AvgIpc) is 2.83. The van der Waals surface area contributed by atoms with Gasteiger partial charge in [0.25, 0.3) is 0 Å². The molecular formula is C15H21BrN2O4S. The molecular weight excluding hydrogens is 384 g/mol. The number of halogens is 1. The highest BCUT2D eigenvalue weighted by molar-refractivity contribution is 9.11. The molecule has 0 bridgehead atoms. The Labute approximate surface area is 148 Å². The van der Waals surface area contributed by atoms with Crippen molar-refractivity contribution in [2.75, 3.05) is 26.2 Å². The molecule has 0 aromatic carbocycles. The van der Waals surface area contributed by atoms with Crippen molar-refractivity contribution in [2.24, 2.45) is 0 Å². The van der Waals surface area contributed by atoms with Crippen molar-refractivity contribution in [1.82, 2.24) is 9.80 Å². The van der Waals surface area contributed by atoms with Crippen LogP contribution in [0.4, 0.5) is 4.79 Å². The number of rotatable bonds is 3. The number of carboxylic acids is 1. The zero-order valence-electron chi connectivity index (χ0n) is 13.4. The molecule has 2 heterocycles. The molecule has 0 aliphatic carbocycles. The maximum atomic E-state index is 12.1. The highest BCUT2D eigenvalue weighted by atomic mass is 79.9. The van der Waals surface area contributed by atoms with Crippen LogP contribution in [0.15, 0.2) is 15.9 Å². The second kappa shape index (κ2) is 7.19. The molecule has 6 nitrogen and oxygen atoms in total. The number of carbonyl (C=O) groups is 2. The van der Waals surface area contributed by atoms with Gasteiger partial charge in [0.05, 0.1) is 3.79 Å². The Morgan fingerprint density at radius 3 is 2.30 bits per heavy atom. The predicted molar refractivity (Wildman–Crippen MR) is 91.8 cm³/mol. The van der Waals surface area contributed by atoms with E-state index in [1.165, 1.54) is 11.3 Å². The van der Waals surface area contributed by atoms with Crippen molar-refractivity contribution in [1.29, 1.82) is 0 Å². The first-order valence-electron chi connectivity index (χ1n) is 7.37.